The van der Waals surface area contributed by atoms with Crippen LogP contribution in [0.4, 0.5) is 0 Å². The second kappa shape index (κ2) is 13.3. The maximum Gasteiger partial charge on any atom is 0.338 e. The molecule has 2 aromatic carbocycles. The minimum Gasteiger partial charge on any atom is -0.493 e. The number of esters is 2. The molecule has 1 aliphatic rings. The van der Waals surface area contributed by atoms with E-state index in [9.17, 15) is 14.4 Å². The molecule has 0 aliphatic carbocycles. The number of nitrogens with two attached hydrogens (primary N) is 1. The third-order valence-electron chi connectivity index (χ3n) is 6.69. The van der Waals surface area contributed by atoms with Crippen molar-refractivity contribution in [2.45, 2.75) is 45.8 Å². The second-order valence-corrected chi connectivity index (χ2v) is 11.4. The number of aromatic nitrogens is 1. The highest BCUT2D eigenvalue weighted by Crippen LogP contribution is 2.41. The summed E-state index contributed by atoms with van der Waals surface area (Å²) in [6, 6.07) is 10.3. The molecule has 0 spiro atoms. The smallest absolute Gasteiger partial charge is 0.338 e. The molecule has 44 heavy (non-hydrogen) atoms. The molecule has 12 heteroatoms. The van der Waals surface area contributed by atoms with Crippen molar-refractivity contribution < 1.29 is 38.0 Å². The standard InChI is InChI=1S/C32H36N2O9S/c1-16(2)42-20-11-9-18(13-22(20)38-5)14-24-29(35)34-28(33)26(31(36)40-7)25(27(30(34)44-24)32(37)41-8)19-10-12-21(43-17(3)4)23(15-19)39-6/h9-17,25H,33H2,1-8H3/b24-14-/t25-/m1/s1. The molecule has 11 nitrogen and oxygen atoms in total. The van der Waals surface area contributed by atoms with E-state index in [-0.39, 0.29) is 38.4 Å². The Labute approximate surface area is 258 Å². The molecule has 0 bridgehead atoms. The van der Waals surface area contributed by atoms with Crippen LogP contribution in [0.2, 0.25) is 0 Å². The molecular weight excluding hydrogens is 588 g/mol. The van der Waals surface area contributed by atoms with Gasteiger partial charge in [0.15, 0.2) is 23.0 Å². The van der Waals surface area contributed by atoms with Crippen LogP contribution in [-0.2, 0) is 19.1 Å². The van der Waals surface area contributed by atoms with Crippen molar-refractivity contribution in [2.75, 3.05) is 28.4 Å². The van der Waals surface area contributed by atoms with Gasteiger partial charge in [-0.1, -0.05) is 12.1 Å². The van der Waals surface area contributed by atoms with Crippen molar-refractivity contribution in [3.63, 3.8) is 0 Å². The number of rotatable bonds is 10. The Bertz CT molecular complexity index is 1800. The van der Waals surface area contributed by atoms with E-state index in [0.29, 0.717) is 34.1 Å². The minimum atomic E-state index is -1.05. The molecule has 1 aliphatic heterocycles. The highest BCUT2D eigenvalue weighted by molar-refractivity contribution is 7.07. The van der Waals surface area contributed by atoms with E-state index in [4.69, 9.17) is 34.2 Å². The molecule has 1 atom stereocenters. The summed E-state index contributed by atoms with van der Waals surface area (Å²) >= 11 is 1.04. The fraction of sp³-hybridized carbons (Fsp3) is 0.344. The molecule has 2 N–H and O–H groups in total. The van der Waals surface area contributed by atoms with Crippen molar-refractivity contribution in [3.05, 3.63) is 72.6 Å². The maximum absolute atomic E-state index is 13.8. The third-order valence-corrected chi connectivity index (χ3v) is 7.80. The fourth-order valence-electron chi connectivity index (χ4n) is 4.89. The third kappa shape index (κ3) is 6.16. The van der Waals surface area contributed by atoms with Gasteiger partial charge in [-0.15, -0.1) is 11.3 Å². The summed E-state index contributed by atoms with van der Waals surface area (Å²) in [5.74, 6) is -0.865. The molecule has 3 aromatic rings. The van der Waals surface area contributed by atoms with Gasteiger partial charge in [0.25, 0.3) is 5.56 Å². The van der Waals surface area contributed by atoms with Crippen LogP contribution in [0.1, 0.15) is 44.7 Å². The number of ether oxygens (including phenoxy) is 6. The summed E-state index contributed by atoms with van der Waals surface area (Å²) < 4.78 is 34.6. The summed E-state index contributed by atoms with van der Waals surface area (Å²) in [6.07, 6.45) is 1.46. The lowest BCUT2D eigenvalue weighted by Crippen LogP contribution is -2.41. The highest BCUT2D eigenvalue weighted by atomic mass is 32.1. The van der Waals surface area contributed by atoms with Crippen molar-refractivity contribution in [1.82, 2.24) is 4.57 Å². The summed E-state index contributed by atoms with van der Waals surface area (Å²) in [5, 5.41) is 0. The van der Waals surface area contributed by atoms with Gasteiger partial charge in [-0.05, 0) is 69.2 Å². The SMILES string of the molecule is COC(=O)C1=C(N)n2c(s/c(=C\c3ccc(OC(C)C)c(OC)c3)c2=O)=C(C(=O)OC)[C@@H]1c1ccc(OC(C)C)c(OC)c1. The van der Waals surface area contributed by atoms with Gasteiger partial charge < -0.3 is 34.2 Å². The molecule has 1 aromatic heterocycles. The first-order chi connectivity index (χ1) is 20.9. The normalized spacial score (nSPS) is 14.9. The molecule has 4 rings (SSSR count). The van der Waals surface area contributed by atoms with E-state index in [2.05, 4.69) is 0 Å². The number of fused-ring (bicyclic) bond motifs is 1. The first-order valence-electron chi connectivity index (χ1n) is 13.8. The zero-order valence-electron chi connectivity index (χ0n) is 25.9. The molecule has 0 unspecified atom stereocenters. The molecule has 234 valence electrons. The Hall–Kier alpha value is -4.71. The summed E-state index contributed by atoms with van der Waals surface area (Å²) in [5.41, 5.74) is 7.11. The van der Waals surface area contributed by atoms with Gasteiger partial charge in [0.1, 0.15) is 10.5 Å². The Balaban J connectivity index is 2.03. The van der Waals surface area contributed by atoms with Crippen LogP contribution < -0.4 is 39.4 Å². The van der Waals surface area contributed by atoms with E-state index in [0.717, 1.165) is 15.9 Å². The number of thiazole rings is 1. The average Bonchev–Trinajstić information content (AvgIpc) is 3.31. The van der Waals surface area contributed by atoms with E-state index < -0.39 is 23.4 Å². The Kier molecular flexibility index (Phi) is 9.73. The number of nitrogens with zero attached hydrogens (tertiary/aromatic N) is 1. The summed E-state index contributed by atoms with van der Waals surface area (Å²) in [7, 11) is 5.43. The van der Waals surface area contributed by atoms with E-state index in [1.54, 1.807) is 42.5 Å². The van der Waals surface area contributed by atoms with Crippen LogP contribution in [-0.4, -0.2) is 57.2 Å². The monoisotopic (exact) mass is 624 g/mol. The quantitative estimate of drug-likeness (QED) is 0.335. The molecule has 0 amide bonds. The molecular formula is C32H36N2O9S. The number of carbonyl (C=O) groups excluding carboxylic acids is 2. The van der Waals surface area contributed by atoms with Crippen molar-refractivity contribution in [1.29, 1.82) is 0 Å². The van der Waals surface area contributed by atoms with Crippen LogP contribution in [0.25, 0.3) is 17.5 Å². The number of benzene rings is 2. The maximum atomic E-state index is 13.8. The lowest BCUT2D eigenvalue weighted by Gasteiger charge is -2.27. The van der Waals surface area contributed by atoms with Crippen LogP contribution in [0.5, 0.6) is 23.0 Å². The van der Waals surface area contributed by atoms with Gasteiger partial charge in [-0.3, -0.25) is 9.36 Å². The van der Waals surface area contributed by atoms with Crippen molar-refractivity contribution in [2.24, 2.45) is 5.73 Å². The van der Waals surface area contributed by atoms with Crippen molar-refractivity contribution in [3.8, 4) is 23.0 Å². The van der Waals surface area contributed by atoms with Crippen LogP contribution >= 0.6 is 11.3 Å². The molecule has 0 saturated heterocycles. The largest absolute Gasteiger partial charge is 0.493 e. The molecule has 0 fully saturated rings. The van der Waals surface area contributed by atoms with E-state index >= 15 is 0 Å². The lowest BCUT2D eigenvalue weighted by atomic mass is 9.83. The second-order valence-electron chi connectivity index (χ2n) is 10.3. The fourth-order valence-corrected chi connectivity index (χ4v) is 6.06. The number of hydrogen-bond acceptors (Lipinski definition) is 11. The zero-order chi connectivity index (χ0) is 32.3. The topological polar surface area (TPSA) is 138 Å². The average molecular weight is 625 g/mol. The Morgan fingerprint density at radius 3 is 1.91 bits per heavy atom. The van der Waals surface area contributed by atoms with Gasteiger partial charge in [-0.2, -0.15) is 0 Å². The van der Waals surface area contributed by atoms with Gasteiger partial charge in [-0.25, -0.2) is 9.59 Å². The molecule has 0 saturated carbocycles. The van der Waals surface area contributed by atoms with Crippen molar-refractivity contribution >= 4 is 40.7 Å². The number of carbonyl (C=O) groups is 2. The van der Waals surface area contributed by atoms with Gasteiger partial charge in [0.05, 0.1) is 62.2 Å². The first-order valence-corrected chi connectivity index (χ1v) is 14.6. The molecule has 2 heterocycles. The Morgan fingerprint density at radius 2 is 1.36 bits per heavy atom. The zero-order valence-corrected chi connectivity index (χ0v) is 26.7. The van der Waals surface area contributed by atoms with Gasteiger partial charge in [0.2, 0.25) is 0 Å². The highest BCUT2D eigenvalue weighted by Gasteiger charge is 2.40. The predicted molar refractivity (Wildman–Crippen MR) is 166 cm³/mol. The lowest BCUT2D eigenvalue weighted by molar-refractivity contribution is -0.136. The minimum absolute atomic E-state index is 0.0432. The summed E-state index contributed by atoms with van der Waals surface area (Å²) in [6.45, 7) is 7.57. The van der Waals surface area contributed by atoms with Crippen LogP contribution in [0, 0.1) is 0 Å². The summed E-state index contributed by atoms with van der Waals surface area (Å²) in [4.78, 5) is 40.5. The van der Waals surface area contributed by atoms with E-state index in [1.165, 1.54) is 28.4 Å². The molecule has 0 radical (unpaired) electrons. The number of methoxy groups -OCH3 is 4. The van der Waals surface area contributed by atoms with Crippen LogP contribution in [0.3, 0.4) is 0 Å². The van der Waals surface area contributed by atoms with E-state index in [1.807, 2.05) is 27.7 Å². The first kappa shape index (κ1) is 32.2. The predicted octanol–water partition coefficient (Wildman–Crippen LogP) is 2.75. The van der Waals surface area contributed by atoms with Gasteiger partial charge >= 0.3 is 11.9 Å². The Morgan fingerprint density at radius 1 is 0.818 bits per heavy atom. The van der Waals surface area contributed by atoms with Gasteiger partial charge in [0, 0.05) is 0 Å². The van der Waals surface area contributed by atoms with Crippen LogP contribution in [0.15, 0.2) is 46.8 Å². The number of hydrogen-bond donors (Lipinski definition) is 1.